The lowest BCUT2D eigenvalue weighted by atomic mass is 9.74. The summed E-state index contributed by atoms with van der Waals surface area (Å²) < 4.78 is 55.1. The molecule has 1 aromatic rings. The van der Waals surface area contributed by atoms with Crippen molar-refractivity contribution in [1.82, 2.24) is 4.90 Å². The van der Waals surface area contributed by atoms with Gasteiger partial charge in [-0.3, -0.25) is 0 Å². The van der Waals surface area contributed by atoms with Crippen LogP contribution in [0.15, 0.2) is 41.6 Å². The second-order valence-corrected chi connectivity index (χ2v) is 8.02. The van der Waals surface area contributed by atoms with Gasteiger partial charge < -0.3 is 15.1 Å². The molecule has 1 unspecified atom stereocenters. The summed E-state index contributed by atoms with van der Waals surface area (Å²) >= 11 is 0. The molecule has 0 aromatic heterocycles. The van der Waals surface area contributed by atoms with Gasteiger partial charge in [-0.1, -0.05) is 25.5 Å². The maximum Gasteiger partial charge on any atom is 0.418 e. The van der Waals surface area contributed by atoms with E-state index < -0.39 is 36.0 Å². The molecule has 2 N–H and O–H groups in total. The van der Waals surface area contributed by atoms with Gasteiger partial charge in [0.2, 0.25) is 0 Å². The third kappa shape index (κ3) is 4.83. The van der Waals surface area contributed by atoms with E-state index in [9.17, 15) is 27.8 Å². The van der Waals surface area contributed by atoms with Crippen molar-refractivity contribution < 1.29 is 27.8 Å². The topological polar surface area (TPSA) is 43.7 Å². The number of halogens is 4. The van der Waals surface area contributed by atoms with Crippen LogP contribution in [-0.4, -0.2) is 40.0 Å². The summed E-state index contributed by atoms with van der Waals surface area (Å²) in [5, 5.41) is 20.6. The third-order valence-electron chi connectivity index (χ3n) is 4.73. The Bertz CT molecular complexity index is 768. The lowest BCUT2D eigenvalue weighted by Crippen LogP contribution is -2.55. The molecule has 0 spiro atoms. The fourth-order valence-electron chi connectivity index (χ4n) is 3.69. The molecule has 0 amide bonds. The molecule has 7 heteroatoms. The molecule has 27 heavy (non-hydrogen) atoms. The van der Waals surface area contributed by atoms with E-state index in [1.165, 1.54) is 18.7 Å². The molecule has 1 aliphatic rings. The third-order valence-corrected chi connectivity index (χ3v) is 4.73. The maximum absolute atomic E-state index is 13.8. The zero-order valence-electron chi connectivity index (χ0n) is 15.9. The summed E-state index contributed by atoms with van der Waals surface area (Å²) in [4.78, 5) is 1.43. The Balaban J connectivity index is 2.36. The van der Waals surface area contributed by atoms with Crippen molar-refractivity contribution in [2.24, 2.45) is 0 Å². The number of alkyl halides is 3. The average molecular weight is 387 g/mol. The van der Waals surface area contributed by atoms with Crippen molar-refractivity contribution in [2.75, 3.05) is 13.1 Å². The van der Waals surface area contributed by atoms with Gasteiger partial charge in [0.1, 0.15) is 11.6 Å². The Labute approximate surface area is 156 Å². The highest BCUT2D eigenvalue weighted by molar-refractivity contribution is 5.38. The molecule has 1 aromatic carbocycles. The van der Waals surface area contributed by atoms with Crippen molar-refractivity contribution in [3.05, 3.63) is 53.0 Å². The molecule has 1 aliphatic heterocycles. The van der Waals surface area contributed by atoms with Gasteiger partial charge in [0.05, 0.1) is 6.54 Å². The monoisotopic (exact) mass is 387 g/mol. The van der Waals surface area contributed by atoms with Crippen LogP contribution in [0, 0.1) is 5.82 Å². The lowest BCUT2D eigenvalue weighted by molar-refractivity contribution is -0.269. The summed E-state index contributed by atoms with van der Waals surface area (Å²) in [5.74, 6) is -0.972. The van der Waals surface area contributed by atoms with Crippen molar-refractivity contribution in [2.45, 2.75) is 51.3 Å². The number of nitrogens with zero attached hydrogens (tertiary/aromatic N) is 1. The molecule has 0 saturated carbocycles. The van der Waals surface area contributed by atoms with Crippen LogP contribution in [0.25, 0.3) is 0 Å². The minimum atomic E-state index is -4.90. The Hall–Kier alpha value is -2.02. The van der Waals surface area contributed by atoms with Crippen molar-refractivity contribution >= 4 is 0 Å². The van der Waals surface area contributed by atoms with Crippen LogP contribution in [0.5, 0.6) is 5.75 Å². The van der Waals surface area contributed by atoms with E-state index in [1.54, 1.807) is 13.1 Å². The number of benzene rings is 1. The molecule has 2 rings (SSSR count). The van der Waals surface area contributed by atoms with Crippen LogP contribution in [0.2, 0.25) is 0 Å². The number of aromatic hydroxyl groups is 1. The summed E-state index contributed by atoms with van der Waals surface area (Å²) in [6.07, 6.45) is -2.18. The van der Waals surface area contributed by atoms with Gasteiger partial charge in [0.25, 0.3) is 0 Å². The van der Waals surface area contributed by atoms with Crippen molar-refractivity contribution in [3.8, 4) is 5.75 Å². The maximum atomic E-state index is 13.8. The highest BCUT2D eigenvalue weighted by Gasteiger charge is 2.56. The molecule has 0 bridgehead atoms. The number of β-amino-alcohol motifs (C(OH)–C–C–N with tert-alkyl or cyclic N) is 1. The Morgan fingerprint density at radius 1 is 1.15 bits per heavy atom. The van der Waals surface area contributed by atoms with Gasteiger partial charge >= 0.3 is 6.18 Å². The minimum Gasteiger partial charge on any atom is -0.508 e. The molecular formula is C20H25F4NO2. The van der Waals surface area contributed by atoms with Gasteiger partial charge in [-0.2, -0.15) is 13.2 Å². The molecule has 1 atom stereocenters. The zero-order chi connectivity index (χ0) is 20.6. The molecule has 0 radical (unpaired) electrons. The lowest BCUT2D eigenvalue weighted by Gasteiger charge is -2.41. The van der Waals surface area contributed by atoms with E-state index in [-0.39, 0.29) is 17.9 Å². The number of hydrogen-bond donors (Lipinski definition) is 2. The first-order chi connectivity index (χ1) is 12.2. The number of allylic oxidation sites excluding steroid dienone is 2. The van der Waals surface area contributed by atoms with E-state index >= 15 is 0 Å². The zero-order valence-corrected chi connectivity index (χ0v) is 15.9. The molecular weight excluding hydrogens is 362 g/mol. The number of phenols is 1. The van der Waals surface area contributed by atoms with Crippen molar-refractivity contribution in [1.29, 1.82) is 0 Å². The fraction of sp³-hybridized carbons (Fsp3) is 0.500. The van der Waals surface area contributed by atoms with E-state index in [4.69, 9.17) is 0 Å². The van der Waals surface area contributed by atoms with Crippen LogP contribution >= 0.6 is 0 Å². The quantitative estimate of drug-likeness (QED) is 0.723. The summed E-state index contributed by atoms with van der Waals surface area (Å²) in [6, 6.07) is 3.13. The molecule has 0 saturated heterocycles. The van der Waals surface area contributed by atoms with Crippen LogP contribution in [-0.2, 0) is 5.41 Å². The molecule has 3 nitrogen and oxygen atoms in total. The number of rotatable bonds is 5. The van der Waals surface area contributed by atoms with Gasteiger partial charge in [-0.05, 0) is 49.5 Å². The summed E-state index contributed by atoms with van der Waals surface area (Å²) in [5.41, 5.74) is -2.65. The standard InChI is InChI=1S/C20H25F4NO2/c1-13-7-14(2)10-25(9-13)12-19(27,20(22,23)24)11-18(3,4)16-8-15(21)5-6-17(16)26/h5-9,26-27H,10-12H2,1-4H3. The number of hydrogen-bond acceptors (Lipinski definition) is 3. The Morgan fingerprint density at radius 3 is 2.33 bits per heavy atom. The molecule has 0 fully saturated rings. The SMILES string of the molecule is CC1=CN(CC(O)(CC(C)(C)c2cc(F)ccc2O)C(F)(F)F)CC(C)=C1. The first-order valence-corrected chi connectivity index (χ1v) is 8.61. The van der Waals surface area contributed by atoms with Crippen LogP contribution in [0.1, 0.15) is 39.7 Å². The smallest absolute Gasteiger partial charge is 0.418 e. The Morgan fingerprint density at radius 2 is 1.78 bits per heavy atom. The van der Waals surface area contributed by atoms with E-state index in [2.05, 4.69) is 0 Å². The van der Waals surface area contributed by atoms with Crippen molar-refractivity contribution in [3.63, 3.8) is 0 Å². The van der Waals surface area contributed by atoms with Crippen LogP contribution in [0.3, 0.4) is 0 Å². The average Bonchev–Trinajstić information content (AvgIpc) is 2.46. The molecule has 150 valence electrons. The highest BCUT2D eigenvalue weighted by Crippen LogP contribution is 2.44. The van der Waals surface area contributed by atoms with E-state index in [1.807, 2.05) is 13.0 Å². The number of phenolic OH excluding ortho intramolecular Hbond substituents is 1. The summed E-state index contributed by atoms with van der Waals surface area (Å²) in [7, 11) is 0. The van der Waals surface area contributed by atoms with Gasteiger partial charge in [0.15, 0.2) is 5.60 Å². The number of aliphatic hydroxyl groups is 1. The second kappa shape index (κ2) is 7.19. The molecule has 0 aliphatic carbocycles. The Kier molecular flexibility index (Phi) is 5.66. The van der Waals surface area contributed by atoms with Gasteiger partial charge in [-0.15, -0.1) is 0 Å². The highest BCUT2D eigenvalue weighted by atomic mass is 19.4. The first-order valence-electron chi connectivity index (χ1n) is 8.61. The van der Waals surface area contributed by atoms with E-state index in [0.717, 1.165) is 29.3 Å². The van der Waals surface area contributed by atoms with Crippen LogP contribution in [0.4, 0.5) is 17.6 Å². The van der Waals surface area contributed by atoms with Crippen LogP contribution < -0.4 is 0 Å². The predicted octanol–water partition coefficient (Wildman–Crippen LogP) is 4.66. The van der Waals surface area contributed by atoms with Gasteiger partial charge in [0, 0.05) is 18.3 Å². The minimum absolute atomic E-state index is 0.0200. The first kappa shape index (κ1) is 21.3. The largest absolute Gasteiger partial charge is 0.508 e. The van der Waals surface area contributed by atoms with Gasteiger partial charge in [-0.25, -0.2) is 4.39 Å². The second-order valence-electron chi connectivity index (χ2n) is 8.02. The predicted molar refractivity (Wildman–Crippen MR) is 95.8 cm³/mol. The summed E-state index contributed by atoms with van der Waals surface area (Å²) in [6.45, 7) is 6.10. The molecule has 1 heterocycles. The normalized spacial score (nSPS) is 18.0. The fourth-order valence-corrected chi connectivity index (χ4v) is 3.69. The van der Waals surface area contributed by atoms with E-state index in [0.29, 0.717) is 0 Å².